The van der Waals surface area contributed by atoms with Crippen molar-refractivity contribution in [3.8, 4) is 5.88 Å². The van der Waals surface area contributed by atoms with Gasteiger partial charge in [0.05, 0.1) is 12.3 Å². The maximum Gasteiger partial charge on any atom is 0.239 e. The van der Waals surface area contributed by atoms with Crippen LogP contribution in [0.5, 0.6) is 5.88 Å². The number of ether oxygens (including phenoxy) is 1. The highest BCUT2D eigenvalue weighted by Crippen LogP contribution is 2.29. The van der Waals surface area contributed by atoms with Gasteiger partial charge in [0.15, 0.2) is 0 Å². The number of anilines is 2. The van der Waals surface area contributed by atoms with Gasteiger partial charge in [0.25, 0.3) is 0 Å². The largest absolute Gasteiger partial charge is 0.476 e. The lowest BCUT2D eigenvalue weighted by Crippen LogP contribution is -2.27. The minimum Gasteiger partial charge on any atom is -0.476 e. The molecule has 1 saturated carbocycles. The van der Waals surface area contributed by atoms with E-state index in [0.717, 1.165) is 11.1 Å². The second kappa shape index (κ2) is 7.78. The van der Waals surface area contributed by atoms with E-state index >= 15 is 0 Å². The summed E-state index contributed by atoms with van der Waals surface area (Å²) in [4.78, 5) is 4.51. The molecule has 0 atom stereocenters. The normalized spacial score (nSPS) is 22.3. The zero-order valence-electron chi connectivity index (χ0n) is 13.3. The summed E-state index contributed by atoms with van der Waals surface area (Å²) in [5.41, 5.74) is 6.53. The Bertz CT molecular complexity index is 445. The monoisotopic (exact) mass is 309 g/mol. The van der Waals surface area contributed by atoms with Crippen LogP contribution in [0.25, 0.3) is 0 Å². The van der Waals surface area contributed by atoms with Gasteiger partial charge in [-0.1, -0.05) is 13.8 Å². The summed E-state index contributed by atoms with van der Waals surface area (Å²) in [6, 6.07) is 4.33. The first kappa shape index (κ1) is 16.3. The van der Waals surface area contributed by atoms with Gasteiger partial charge in [-0.25, -0.2) is 0 Å². The molecule has 0 saturated heterocycles. The molecule has 3 N–H and O–H groups in total. The molecule has 1 heterocycles. The van der Waals surface area contributed by atoms with Gasteiger partial charge in [0.1, 0.15) is 5.82 Å². The third-order valence-corrected chi connectivity index (χ3v) is 4.94. The van der Waals surface area contributed by atoms with Gasteiger partial charge in [-0.15, -0.1) is 0 Å². The van der Waals surface area contributed by atoms with Gasteiger partial charge in [0, 0.05) is 11.3 Å². The molecule has 21 heavy (non-hydrogen) atoms. The summed E-state index contributed by atoms with van der Waals surface area (Å²) in [5.74, 6) is 1.88. The summed E-state index contributed by atoms with van der Waals surface area (Å²) in [6.07, 6.45) is 7.19. The Morgan fingerprint density at radius 3 is 2.67 bits per heavy atom. The molecule has 4 nitrogen and oxygen atoms in total. The van der Waals surface area contributed by atoms with Crippen molar-refractivity contribution in [3.05, 3.63) is 12.1 Å². The van der Waals surface area contributed by atoms with E-state index in [1.165, 1.54) is 25.7 Å². The molecule has 1 aromatic heterocycles. The average molecular weight is 309 g/mol. The molecular weight excluding hydrogens is 282 g/mol. The lowest BCUT2D eigenvalue weighted by atomic mass is 9.95. The van der Waals surface area contributed by atoms with Gasteiger partial charge in [-0.3, -0.25) is 0 Å². The number of nitrogens with one attached hydrogen (secondary N) is 1. The fraction of sp³-hybridized carbons (Fsp3) is 0.688. The van der Waals surface area contributed by atoms with Crippen LogP contribution in [-0.2, 0) is 0 Å². The zero-order valence-corrected chi connectivity index (χ0v) is 14.1. The molecule has 1 aliphatic rings. The fourth-order valence-corrected chi connectivity index (χ4v) is 3.29. The number of pyridine rings is 1. The number of thioether (sulfide) groups is 1. The number of rotatable bonds is 6. The van der Waals surface area contributed by atoms with Crippen LogP contribution < -0.4 is 15.8 Å². The number of hydrogen-bond acceptors (Lipinski definition) is 5. The van der Waals surface area contributed by atoms with Crippen molar-refractivity contribution in [2.75, 3.05) is 23.9 Å². The Morgan fingerprint density at radius 2 is 2.05 bits per heavy atom. The van der Waals surface area contributed by atoms with Crippen LogP contribution in [-0.4, -0.2) is 29.1 Å². The van der Waals surface area contributed by atoms with Gasteiger partial charge in [-0.05, 0) is 50.0 Å². The molecule has 1 fully saturated rings. The number of hydrogen-bond donors (Lipinski definition) is 2. The fourth-order valence-electron chi connectivity index (χ4n) is 2.54. The summed E-state index contributed by atoms with van der Waals surface area (Å²) >= 11 is 1.99. The molecule has 118 valence electrons. The molecule has 1 aliphatic carbocycles. The number of aromatic nitrogens is 1. The Hall–Kier alpha value is -1.10. The quantitative estimate of drug-likeness (QED) is 0.837. The Balaban J connectivity index is 1.93. The molecule has 2 rings (SSSR count). The highest BCUT2D eigenvalue weighted by Gasteiger charge is 2.20. The third kappa shape index (κ3) is 4.99. The van der Waals surface area contributed by atoms with E-state index in [1.54, 1.807) is 0 Å². The highest BCUT2D eigenvalue weighted by atomic mass is 32.2. The van der Waals surface area contributed by atoms with Crippen LogP contribution in [0.3, 0.4) is 0 Å². The predicted molar refractivity (Wildman–Crippen MR) is 92.2 cm³/mol. The molecule has 0 radical (unpaired) electrons. The molecule has 0 aromatic carbocycles. The molecule has 5 heteroatoms. The summed E-state index contributed by atoms with van der Waals surface area (Å²) < 4.78 is 5.68. The van der Waals surface area contributed by atoms with Gasteiger partial charge < -0.3 is 15.8 Å². The lowest BCUT2D eigenvalue weighted by molar-refractivity contribution is 0.263. The number of nitrogens with zero attached hydrogens (tertiary/aromatic N) is 1. The zero-order chi connectivity index (χ0) is 15.2. The first-order chi connectivity index (χ1) is 10.1. The number of nitrogen functional groups attached to an aromatic ring is 1. The van der Waals surface area contributed by atoms with Gasteiger partial charge in [-0.2, -0.15) is 16.7 Å². The van der Waals surface area contributed by atoms with E-state index in [1.807, 2.05) is 23.9 Å². The van der Waals surface area contributed by atoms with Crippen molar-refractivity contribution in [1.29, 1.82) is 0 Å². The van der Waals surface area contributed by atoms with Crippen molar-refractivity contribution in [2.45, 2.75) is 50.8 Å². The van der Waals surface area contributed by atoms with E-state index in [0.29, 0.717) is 30.1 Å². The van der Waals surface area contributed by atoms with Crippen molar-refractivity contribution < 1.29 is 4.74 Å². The van der Waals surface area contributed by atoms with Crippen molar-refractivity contribution in [2.24, 2.45) is 5.92 Å². The third-order valence-electron chi connectivity index (χ3n) is 3.80. The lowest BCUT2D eigenvalue weighted by Gasteiger charge is -2.28. The van der Waals surface area contributed by atoms with Crippen molar-refractivity contribution >= 4 is 23.3 Å². The van der Waals surface area contributed by atoms with E-state index in [9.17, 15) is 0 Å². The molecular formula is C16H27N3OS. The molecule has 0 bridgehead atoms. The maximum absolute atomic E-state index is 5.93. The van der Waals surface area contributed by atoms with Crippen molar-refractivity contribution in [1.82, 2.24) is 4.98 Å². The highest BCUT2D eigenvalue weighted by molar-refractivity contribution is 7.99. The van der Waals surface area contributed by atoms with E-state index < -0.39 is 0 Å². The van der Waals surface area contributed by atoms with E-state index in [2.05, 4.69) is 30.4 Å². The second-order valence-electron chi connectivity index (χ2n) is 6.15. The smallest absolute Gasteiger partial charge is 0.239 e. The summed E-state index contributed by atoms with van der Waals surface area (Å²) in [5, 5.41) is 4.35. The second-order valence-corrected chi connectivity index (χ2v) is 7.29. The first-order valence-corrected chi connectivity index (χ1v) is 9.06. The molecule has 1 aromatic rings. The molecule has 0 aliphatic heterocycles. The standard InChI is InChI=1S/C16H27N3OS/c1-11(2)10-20-16-14(17)8-9-15(19-16)18-12-4-6-13(21-3)7-5-12/h8-9,11-13H,4-7,10,17H2,1-3H3,(H,18,19). The maximum atomic E-state index is 5.93. The van der Waals surface area contributed by atoms with Gasteiger partial charge >= 0.3 is 0 Å². The molecule has 0 amide bonds. The molecule has 0 unspecified atom stereocenters. The Labute approximate surface area is 132 Å². The minimum atomic E-state index is 0.463. The Morgan fingerprint density at radius 1 is 1.33 bits per heavy atom. The predicted octanol–water partition coefficient (Wildman–Crippen LogP) is 3.78. The van der Waals surface area contributed by atoms with Crippen LogP contribution in [0, 0.1) is 5.92 Å². The van der Waals surface area contributed by atoms with Crippen LogP contribution >= 0.6 is 11.8 Å². The Kier molecular flexibility index (Phi) is 6.03. The topological polar surface area (TPSA) is 60.2 Å². The van der Waals surface area contributed by atoms with Gasteiger partial charge in [0.2, 0.25) is 5.88 Å². The van der Waals surface area contributed by atoms with Crippen LogP contribution in [0.15, 0.2) is 12.1 Å². The van der Waals surface area contributed by atoms with E-state index in [4.69, 9.17) is 10.5 Å². The average Bonchev–Trinajstić information content (AvgIpc) is 2.48. The first-order valence-electron chi connectivity index (χ1n) is 7.77. The SMILES string of the molecule is CSC1CCC(Nc2ccc(N)c(OCC(C)C)n2)CC1. The summed E-state index contributed by atoms with van der Waals surface area (Å²) in [6.45, 7) is 4.87. The number of nitrogens with two attached hydrogens (primary N) is 1. The van der Waals surface area contributed by atoms with Crippen LogP contribution in [0.1, 0.15) is 39.5 Å². The van der Waals surface area contributed by atoms with Crippen LogP contribution in [0.4, 0.5) is 11.5 Å². The van der Waals surface area contributed by atoms with Crippen LogP contribution in [0.2, 0.25) is 0 Å². The van der Waals surface area contributed by atoms with E-state index in [-0.39, 0.29) is 0 Å². The summed E-state index contributed by atoms with van der Waals surface area (Å²) in [7, 11) is 0. The molecule has 0 spiro atoms. The van der Waals surface area contributed by atoms with Crippen molar-refractivity contribution in [3.63, 3.8) is 0 Å². The minimum absolute atomic E-state index is 0.463.